The molecule has 0 aliphatic carbocycles. The third kappa shape index (κ3) is 2.29. The van der Waals surface area contributed by atoms with Gasteiger partial charge in [0.25, 0.3) is 0 Å². The van der Waals surface area contributed by atoms with Gasteiger partial charge < -0.3 is 4.74 Å². The second kappa shape index (κ2) is 5.26. The van der Waals surface area contributed by atoms with Crippen LogP contribution in [0.4, 0.5) is 0 Å². The van der Waals surface area contributed by atoms with Crippen LogP contribution in [0.15, 0.2) is 24.4 Å². The molecule has 2 aromatic heterocycles. The van der Waals surface area contributed by atoms with E-state index in [2.05, 4.69) is 15.0 Å². The van der Waals surface area contributed by atoms with Crippen molar-refractivity contribution in [3.63, 3.8) is 0 Å². The molecule has 0 amide bonds. The minimum Gasteiger partial charge on any atom is -0.465 e. The largest absolute Gasteiger partial charge is 0.465 e. The topological polar surface area (TPSA) is 65.0 Å². The molecule has 0 unspecified atom stereocenters. The van der Waals surface area contributed by atoms with Crippen LogP contribution in [0.3, 0.4) is 0 Å². The smallest absolute Gasteiger partial charge is 0.337 e. The molecule has 0 radical (unpaired) electrons. The van der Waals surface area contributed by atoms with Crippen LogP contribution in [-0.2, 0) is 11.2 Å². The van der Waals surface area contributed by atoms with Crippen LogP contribution >= 0.6 is 11.6 Å². The number of esters is 1. The molecule has 6 heteroatoms. The molecule has 1 aromatic carbocycles. The van der Waals surface area contributed by atoms with Gasteiger partial charge in [-0.1, -0.05) is 24.6 Å². The van der Waals surface area contributed by atoms with Crippen LogP contribution in [0.1, 0.15) is 23.1 Å². The molecule has 2 heterocycles. The highest BCUT2D eigenvalue weighted by molar-refractivity contribution is 6.35. The van der Waals surface area contributed by atoms with E-state index < -0.39 is 5.97 Å². The van der Waals surface area contributed by atoms with Crippen molar-refractivity contribution in [3.05, 3.63) is 40.9 Å². The summed E-state index contributed by atoms with van der Waals surface area (Å²) in [5.74, 6) is 0.309. The van der Waals surface area contributed by atoms with Crippen molar-refractivity contribution in [3.8, 4) is 0 Å². The zero-order valence-corrected chi connectivity index (χ0v) is 12.3. The Morgan fingerprint density at radius 1 is 1.29 bits per heavy atom. The van der Waals surface area contributed by atoms with Gasteiger partial charge in [0.05, 0.1) is 18.2 Å². The fourth-order valence-electron chi connectivity index (χ4n) is 2.20. The summed E-state index contributed by atoms with van der Waals surface area (Å²) in [5, 5.41) is 1.97. The van der Waals surface area contributed by atoms with Crippen molar-refractivity contribution in [1.29, 1.82) is 0 Å². The summed E-state index contributed by atoms with van der Waals surface area (Å²) in [7, 11) is 1.34. The van der Waals surface area contributed by atoms with Gasteiger partial charge in [0, 0.05) is 23.4 Å². The molecule has 5 nitrogen and oxygen atoms in total. The first-order chi connectivity index (χ1) is 10.1. The van der Waals surface area contributed by atoms with Crippen molar-refractivity contribution < 1.29 is 9.53 Å². The molecular formula is C15H12ClN3O2. The summed E-state index contributed by atoms with van der Waals surface area (Å²) in [6, 6.07) is 5.15. The van der Waals surface area contributed by atoms with E-state index in [1.807, 2.05) is 13.0 Å². The second-order valence-electron chi connectivity index (χ2n) is 4.53. The molecule has 0 aliphatic heterocycles. The van der Waals surface area contributed by atoms with E-state index in [0.29, 0.717) is 21.7 Å². The number of benzene rings is 1. The maximum atomic E-state index is 11.6. The molecule has 0 bridgehead atoms. The molecule has 21 heavy (non-hydrogen) atoms. The normalized spacial score (nSPS) is 11.0. The summed E-state index contributed by atoms with van der Waals surface area (Å²) < 4.78 is 4.71. The highest BCUT2D eigenvalue weighted by Gasteiger charge is 2.12. The van der Waals surface area contributed by atoms with E-state index in [1.54, 1.807) is 18.3 Å². The number of methoxy groups -OCH3 is 1. The number of fused-ring (bicyclic) bond motifs is 3. The van der Waals surface area contributed by atoms with E-state index in [9.17, 15) is 4.79 Å². The third-order valence-electron chi connectivity index (χ3n) is 3.28. The van der Waals surface area contributed by atoms with Crippen LogP contribution in [0.2, 0.25) is 5.15 Å². The lowest BCUT2D eigenvalue weighted by Crippen LogP contribution is -2.01. The Morgan fingerprint density at radius 2 is 2.10 bits per heavy atom. The quantitative estimate of drug-likeness (QED) is 0.413. The Labute approximate surface area is 125 Å². The number of aromatic nitrogens is 3. The fraction of sp³-hybridized carbons (Fsp3) is 0.200. The van der Waals surface area contributed by atoms with Gasteiger partial charge in [-0.15, -0.1) is 0 Å². The van der Waals surface area contributed by atoms with Crippen LogP contribution in [0.5, 0.6) is 0 Å². The van der Waals surface area contributed by atoms with Crippen LogP contribution in [-0.4, -0.2) is 28.0 Å². The Hall–Kier alpha value is -2.27. The average Bonchev–Trinajstić information content (AvgIpc) is 2.53. The van der Waals surface area contributed by atoms with Gasteiger partial charge >= 0.3 is 5.97 Å². The number of halogens is 1. The Balaban J connectivity index is 2.32. The molecule has 0 N–H and O–H groups in total. The first-order valence-electron chi connectivity index (χ1n) is 6.47. The van der Waals surface area contributed by atoms with Gasteiger partial charge in [0.1, 0.15) is 11.3 Å². The fourth-order valence-corrected chi connectivity index (χ4v) is 2.43. The predicted octanol–water partition coefficient (Wildman–Crippen LogP) is 3.18. The van der Waals surface area contributed by atoms with Crippen LogP contribution < -0.4 is 0 Å². The number of pyridine rings is 1. The summed E-state index contributed by atoms with van der Waals surface area (Å²) in [6.45, 7) is 1.98. The SMILES string of the molecule is CCc1ncc2c(n1)c(Cl)nc1cc(C(=O)OC)ccc12. The number of carbonyl (C=O) groups excluding carboxylic acids is 1. The van der Waals surface area contributed by atoms with Crippen molar-refractivity contribution in [1.82, 2.24) is 15.0 Å². The zero-order chi connectivity index (χ0) is 15.0. The molecular weight excluding hydrogens is 290 g/mol. The Bertz CT molecular complexity index is 864. The number of nitrogens with zero attached hydrogens (tertiary/aromatic N) is 3. The van der Waals surface area contributed by atoms with Crippen LogP contribution in [0.25, 0.3) is 21.8 Å². The van der Waals surface area contributed by atoms with Crippen molar-refractivity contribution in [2.45, 2.75) is 13.3 Å². The summed E-state index contributed by atoms with van der Waals surface area (Å²) in [4.78, 5) is 24.6. The minimum atomic E-state index is -0.410. The van der Waals surface area contributed by atoms with E-state index >= 15 is 0 Å². The molecule has 0 fully saturated rings. The standard InChI is InChI=1S/C15H12ClN3O2/c1-3-12-17-7-10-9-5-4-8(15(20)21-2)6-11(9)18-14(16)13(10)19-12/h4-7H,3H2,1-2H3. The number of ether oxygens (including phenoxy) is 1. The lowest BCUT2D eigenvalue weighted by molar-refractivity contribution is 0.0601. The molecule has 0 atom stereocenters. The first kappa shape index (κ1) is 13.7. The predicted molar refractivity (Wildman–Crippen MR) is 80.6 cm³/mol. The van der Waals surface area contributed by atoms with E-state index in [-0.39, 0.29) is 0 Å². The minimum absolute atomic E-state index is 0.302. The lowest BCUT2D eigenvalue weighted by Gasteiger charge is -2.07. The number of hydrogen-bond acceptors (Lipinski definition) is 5. The number of hydrogen-bond donors (Lipinski definition) is 0. The van der Waals surface area contributed by atoms with Crippen molar-refractivity contribution in [2.75, 3.05) is 7.11 Å². The van der Waals surface area contributed by atoms with E-state index in [0.717, 1.165) is 23.0 Å². The van der Waals surface area contributed by atoms with Gasteiger partial charge in [-0.2, -0.15) is 0 Å². The Morgan fingerprint density at radius 3 is 2.81 bits per heavy atom. The van der Waals surface area contributed by atoms with Gasteiger partial charge in [0.15, 0.2) is 5.15 Å². The van der Waals surface area contributed by atoms with Crippen LogP contribution in [0, 0.1) is 0 Å². The summed E-state index contributed by atoms with van der Waals surface area (Å²) in [6.07, 6.45) is 2.47. The average molecular weight is 302 g/mol. The monoisotopic (exact) mass is 301 g/mol. The number of aryl methyl sites for hydroxylation is 1. The highest BCUT2D eigenvalue weighted by Crippen LogP contribution is 2.28. The van der Waals surface area contributed by atoms with E-state index in [4.69, 9.17) is 16.3 Å². The van der Waals surface area contributed by atoms with E-state index in [1.165, 1.54) is 7.11 Å². The highest BCUT2D eigenvalue weighted by atomic mass is 35.5. The van der Waals surface area contributed by atoms with Gasteiger partial charge in [-0.25, -0.2) is 19.7 Å². The first-order valence-corrected chi connectivity index (χ1v) is 6.85. The third-order valence-corrected chi connectivity index (χ3v) is 3.54. The molecule has 106 valence electrons. The van der Waals surface area contributed by atoms with Gasteiger partial charge in [-0.3, -0.25) is 0 Å². The maximum Gasteiger partial charge on any atom is 0.337 e. The van der Waals surface area contributed by atoms with Gasteiger partial charge in [0.2, 0.25) is 0 Å². The Kier molecular flexibility index (Phi) is 3.43. The maximum absolute atomic E-state index is 11.6. The molecule has 0 saturated heterocycles. The number of rotatable bonds is 2. The number of carbonyl (C=O) groups is 1. The lowest BCUT2D eigenvalue weighted by atomic mass is 10.1. The molecule has 0 spiro atoms. The second-order valence-corrected chi connectivity index (χ2v) is 4.89. The molecule has 0 aliphatic rings. The van der Waals surface area contributed by atoms with Gasteiger partial charge in [-0.05, 0) is 12.1 Å². The molecule has 3 aromatic rings. The molecule has 3 rings (SSSR count). The molecule has 0 saturated carbocycles. The zero-order valence-electron chi connectivity index (χ0n) is 11.6. The summed E-state index contributed by atoms with van der Waals surface area (Å²) >= 11 is 6.21. The van der Waals surface area contributed by atoms with Crippen molar-refractivity contribution in [2.24, 2.45) is 0 Å². The summed E-state index contributed by atoms with van der Waals surface area (Å²) in [5.41, 5.74) is 1.67. The van der Waals surface area contributed by atoms with Crippen molar-refractivity contribution >= 4 is 39.4 Å².